The number of likely N-dealkylation sites (tertiary alicyclic amines) is 1. The van der Waals surface area contributed by atoms with E-state index in [1.165, 1.54) is 39.3 Å². The van der Waals surface area contributed by atoms with Crippen molar-refractivity contribution in [1.29, 1.82) is 0 Å². The molecular weight excluding hydrogens is 502 g/mol. The molecule has 0 saturated carbocycles. The second kappa shape index (κ2) is 12.2. The fraction of sp³-hybridized carbons (Fsp3) is 0.382. The highest BCUT2D eigenvalue weighted by molar-refractivity contribution is 7.12. The maximum Gasteiger partial charge on any atom is 0.307 e. The van der Waals surface area contributed by atoms with Crippen molar-refractivity contribution in [1.82, 2.24) is 4.90 Å². The van der Waals surface area contributed by atoms with Gasteiger partial charge in [-0.25, -0.2) is 0 Å². The summed E-state index contributed by atoms with van der Waals surface area (Å²) in [4.78, 5) is 17.2. The standard InChI is InChI=1S/C34H37NO3S/c1-4-8-28(22-33(36)37-5-2)26-11-13-29(14-12-26)38-24-30-21-25(3)32(39-30)23-35-19-17-34(18-20-35)16-15-27-9-6-7-10-31(27)34/h6-7,9-16,21,28H,5,17-20,22-24H2,1-3H3/t28-/m0/s1. The molecule has 0 unspecified atom stereocenters. The lowest BCUT2D eigenvalue weighted by molar-refractivity contribution is -0.143. The van der Waals surface area contributed by atoms with Crippen molar-refractivity contribution >= 4 is 23.4 Å². The molecule has 1 aliphatic heterocycles. The Balaban J connectivity index is 1.14. The molecule has 0 radical (unpaired) electrons. The number of benzene rings is 2. The molecule has 2 aromatic carbocycles. The number of hydrogen-bond donors (Lipinski definition) is 0. The monoisotopic (exact) mass is 539 g/mol. The number of allylic oxidation sites excluding steroid dienone is 1. The van der Waals surface area contributed by atoms with Crippen LogP contribution in [0.3, 0.4) is 0 Å². The van der Waals surface area contributed by atoms with Gasteiger partial charge in [0.05, 0.1) is 18.9 Å². The van der Waals surface area contributed by atoms with Gasteiger partial charge in [0.2, 0.25) is 0 Å². The van der Waals surface area contributed by atoms with E-state index in [0.29, 0.717) is 13.2 Å². The van der Waals surface area contributed by atoms with Gasteiger partial charge in [-0.2, -0.15) is 0 Å². The normalized spacial score (nSPS) is 16.4. The first-order valence-electron chi connectivity index (χ1n) is 13.9. The molecular formula is C34H37NO3S. The Morgan fingerprint density at radius 1 is 1.13 bits per heavy atom. The van der Waals surface area contributed by atoms with Gasteiger partial charge in [-0.3, -0.25) is 9.69 Å². The summed E-state index contributed by atoms with van der Waals surface area (Å²) in [7, 11) is 0. The average Bonchev–Trinajstić information content (AvgIpc) is 3.49. The van der Waals surface area contributed by atoms with Gasteiger partial charge < -0.3 is 9.47 Å². The van der Waals surface area contributed by atoms with Crippen LogP contribution in [0.1, 0.15) is 71.0 Å². The van der Waals surface area contributed by atoms with E-state index < -0.39 is 0 Å². The highest BCUT2D eigenvalue weighted by Crippen LogP contribution is 2.44. The SMILES string of the molecule is CC#C[C@@H](CC(=O)OCC)c1ccc(OCc2cc(C)c(CN3CCC4(C=Cc5ccccc54)CC3)s2)cc1. The molecule has 2 aliphatic rings. The first-order chi connectivity index (χ1) is 19.0. The Hall–Kier alpha value is -3.33. The zero-order valence-electron chi connectivity index (χ0n) is 23.2. The molecule has 1 atom stereocenters. The lowest BCUT2D eigenvalue weighted by atomic mass is 9.74. The minimum Gasteiger partial charge on any atom is -0.488 e. The summed E-state index contributed by atoms with van der Waals surface area (Å²) in [5, 5.41) is 0. The van der Waals surface area contributed by atoms with Gasteiger partial charge in [0.15, 0.2) is 0 Å². The molecule has 0 N–H and O–H groups in total. The Kier molecular flexibility index (Phi) is 8.55. The molecule has 1 spiro atoms. The number of thiophene rings is 1. The van der Waals surface area contributed by atoms with Crippen molar-refractivity contribution in [3.05, 3.63) is 92.7 Å². The predicted octanol–water partition coefficient (Wildman–Crippen LogP) is 7.26. The van der Waals surface area contributed by atoms with Crippen LogP contribution in [0.15, 0.2) is 60.7 Å². The van der Waals surface area contributed by atoms with Gasteiger partial charge in [0.25, 0.3) is 0 Å². The van der Waals surface area contributed by atoms with Gasteiger partial charge in [-0.05, 0) is 87.2 Å². The predicted molar refractivity (Wildman–Crippen MR) is 159 cm³/mol. The first-order valence-corrected chi connectivity index (χ1v) is 14.7. The number of hydrogen-bond acceptors (Lipinski definition) is 5. The van der Waals surface area contributed by atoms with Crippen LogP contribution in [0.25, 0.3) is 6.08 Å². The first kappa shape index (κ1) is 27.2. The van der Waals surface area contributed by atoms with Crippen LogP contribution in [-0.2, 0) is 28.1 Å². The molecule has 0 bridgehead atoms. The van der Waals surface area contributed by atoms with Crippen LogP contribution in [0.4, 0.5) is 0 Å². The van der Waals surface area contributed by atoms with Crippen LogP contribution >= 0.6 is 11.3 Å². The third kappa shape index (κ3) is 6.30. The summed E-state index contributed by atoms with van der Waals surface area (Å²) in [6.07, 6.45) is 7.39. The van der Waals surface area contributed by atoms with E-state index in [0.717, 1.165) is 30.9 Å². The third-order valence-corrected chi connectivity index (χ3v) is 9.12. The molecule has 0 amide bonds. The fourth-order valence-corrected chi connectivity index (χ4v) is 6.90. The number of esters is 1. The maximum absolute atomic E-state index is 12.0. The van der Waals surface area contributed by atoms with Gasteiger partial charge in [-0.15, -0.1) is 17.3 Å². The minimum absolute atomic E-state index is 0.172. The van der Waals surface area contributed by atoms with E-state index in [2.05, 4.69) is 66.1 Å². The number of aryl methyl sites for hydroxylation is 1. The number of carbonyl (C=O) groups excluding carboxylic acids is 1. The molecule has 1 fully saturated rings. The second-order valence-electron chi connectivity index (χ2n) is 10.5. The highest BCUT2D eigenvalue weighted by atomic mass is 32.1. The summed E-state index contributed by atoms with van der Waals surface area (Å²) < 4.78 is 11.2. The Morgan fingerprint density at radius 3 is 2.64 bits per heavy atom. The Morgan fingerprint density at radius 2 is 1.90 bits per heavy atom. The van der Waals surface area contributed by atoms with Crippen molar-refractivity contribution in [2.24, 2.45) is 0 Å². The quantitative estimate of drug-likeness (QED) is 0.212. The third-order valence-electron chi connectivity index (χ3n) is 7.92. The van der Waals surface area contributed by atoms with Crippen LogP contribution in [0, 0.1) is 18.8 Å². The molecule has 4 nitrogen and oxygen atoms in total. The summed E-state index contributed by atoms with van der Waals surface area (Å²) in [6, 6.07) is 19.1. The van der Waals surface area contributed by atoms with E-state index in [1.807, 2.05) is 42.5 Å². The van der Waals surface area contributed by atoms with Crippen LogP contribution < -0.4 is 4.74 Å². The Labute approximate surface area is 236 Å². The van der Waals surface area contributed by atoms with E-state index in [-0.39, 0.29) is 23.7 Å². The van der Waals surface area contributed by atoms with Crippen LogP contribution in [0.5, 0.6) is 5.75 Å². The van der Waals surface area contributed by atoms with E-state index in [4.69, 9.17) is 9.47 Å². The van der Waals surface area contributed by atoms with Crippen molar-refractivity contribution in [2.45, 2.75) is 64.5 Å². The largest absolute Gasteiger partial charge is 0.488 e. The van der Waals surface area contributed by atoms with E-state index >= 15 is 0 Å². The topological polar surface area (TPSA) is 38.8 Å². The zero-order valence-corrected chi connectivity index (χ0v) is 24.0. The zero-order chi connectivity index (χ0) is 27.2. The molecule has 1 aromatic heterocycles. The van der Waals surface area contributed by atoms with Gasteiger partial charge >= 0.3 is 5.97 Å². The number of carbonyl (C=O) groups is 1. The lowest BCUT2D eigenvalue weighted by Gasteiger charge is -2.39. The molecule has 5 rings (SSSR count). The van der Waals surface area contributed by atoms with Gasteiger partial charge in [0, 0.05) is 21.7 Å². The fourth-order valence-electron chi connectivity index (χ4n) is 5.77. The van der Waals surface area contributed by atoms with Crippen molar-refractivity contribution in [2.75, 3.05) is 19.7 Å². The van der Waals surface area contributed by atoms with Gasteiger partial charge in [-0.1, -0.05) is 54.5 Å². The summed E-state index contributed by atoms with van der Waals surface area (Å²) in [5.41, 5.74) is 5.48. The van der Waals surface area contributed by atoms with Crippen LogP contribution in [-0.4, -0.2) is 30.6 Å². The molecule has 202 valence electrons. The summed E-state index contributed by atoms with van der Waals surface area (Å²) in [6.45, 7) is 10.0. The summed E-state index contributed by atoms with van der Waals surface area (Å²) in [5.74, 6) is 6.49. The number of fused-ring (bicyclic) bond motifs is 2. The number of piperidine rings is 1. The van der Waals surface area contributed by atoms with Crippen molar-refractivity contribution in [3.8, 4) is 17.6 Å². The number of ether oxygens (including phenoxy) is 2. The van der Waals surface area contributed by atoms with Crippen LogP contribution in [0.2, 0.25) is 0 Å². The van der Waals surface area contributed by atoms with Gasteiger partial charge in [0.1, 0.15) is 12.4 Å². The summed E-state index contributed by atoms with van der Waals surface area (Å²) >= 11 is 1.86. The Bertz CT molecular complexity index is 1380. The molecule has 39 heavy (non-hydrogen) atoms. The molecule has 3 aromatic rings. The number of rotatable bonds is 9. The molecule has 1 aliphatic carbocycles. The van der Waals surface area contributed by atoms with Crippen molar-refractivity contribution < 1.29 is 14.3 Å². The smallest absolute Gasteiger partial charge is 0.307 e. The molecule has 1 saturated heterocycles. The minimum atomic E-state index is -0.223. The van der Waals surface area contributed by atoms with E-state index in [1.54, 1.807) is 6.92 Å². The molecule has 5 heteroatoms. The maximum atomic E-state index is 12.0. The number of nitrogens with zero attached hydrogens (tertiary/aromatic N) is 1. The second-order valence-corrected chi connectivity index (χ2v) is 11.7. The average molecular weight is 540 g/mol. The highest BCUT2D eigenvalue weighted by Gasteiger charge is 2.37. The van der Waals surface area contributed by atoms with Crippen molar-refractivity contribution in [3.63, 3.8) is 0 Å². The van der Waals surface area contributed by atoms with E-state index in [9.17, 15) is 4.79 Å². The molecule has 2 heterocycles. The lowest BCUT2D eigenvalue weighted by Crippen LogP contribution is -2.40.